The number of hydrogen-bond donors (Lipinski definition) is 1. The van der Waals surface area contributed by atoms with Gasteiger partial charge in [-0.05, 0) is 12.5 Å². The highest BCUT2D eigenvalue weighted by Gasteiger charge is 2.28. The normalized spacial score (nSPS) is 26.2. The molecule has 0 unspecified atom stereocenters. The van der Waals surface area contributed by atoms with Crippen LogP contribution in [0.4, 0.5) is 0 Å². The molecule has 5 heteroatoms. The Morgan fingerprint density at radius 3 is 3.13 bits per heavy atom. The summed E-state index contributed by atoms with van der Waals surface area (Å²) >= 11 is 0. The summed E-state index contributed by atoms with van der Waals surface area (Å²) in [4.78, 5) is 4.10. The van der Waals surface area contributed by atoms with Gasteiger partial charge in [-0.1, -0.05) is 6.92 Å². The fourth-order valence-electron chi connectivity index (χ4n) is 2.17. The van der Waals surface area contributed by atoms with Crippen LogP contribution in [-0.4, -0.2) is 32.7 Å². The predicted molar refractivity (Wildman–Crippen MR) is 55.6 cm³/mol. The maximum atomic E-state index is 4.26. The quantitative estimate of drug-likeness (QED) is 0.731. The van der Waals surface area contributed by atoms with Crippen LogP contribution >= 0.6 is 0 Å². The SMILES string of the molecule is C[C@@H]1CNC[C@H]1c1nnc2ccncn12. The zero-order valence-corrected chi connectivity index (χ0v) is 8.59. The summed E-state index contributed by atoms with van der Waals surface area (Å²) in [5.41, 5.74) is 0.874. The van der Waals surface area contributed by atoms with E-state index in [1.165, 1.54) is 0 Å². The van der Waals surface area contributed by atoms with Gasteiger partial charge in [-0.15, -0.1) is 10.2 Å². The Hall–Kier alpha value is -1.49. The molecular weight excluding hydrogens is 190 g/mol. The molecule has 1 aliphatic rings. The molecule has 2 aromatic rings. The minimum absolute atomic E-state index is 0.448. The van der Waals surface area contributed by atoms with Gasteiger partial charge in [0.05, 0.1) is 0 Å². The molecular formula is C10H13N5. The first-order valence-electron chi connectivity index (χ1n) is 5.21. The van der Waals surface area contributed by atoms with Crippen molar-refractivity contribution >= 4 is 5.65 Å². The molecule has 0 aliphatic carbocycles. The molecule has 1 saturated heterocycles. The molecule has 5 nitrogen and oxygen atoms in total. The molecule has 1 fully saturated rings. The molecule has 78 valence electrons. The van der Waals surface area contributed by atoms with Crippen LogP contribution in [-0.2, 0) is 0 Å². The summed E-state index contributed by atoms with van der Waals surface area (Å²) in [5.74, 6) is 2.08. The van der Waals surface area contributed by atoms with Crippen molar-refractivity contribution in [3.63, 3.8) is 0 Å². The molecule has 2 atom stereocenters. The predicted octanol–water partition coefficient (Wildman–Crippen LogP) is 0.447. The second-order valence-electron chi connectivity index (χ2n) is 4.11. The Labute approximate surface area is 87.5 Å². The van der Waals surface area contributed by atoms with E-state index in [1.807, 2.05) is 10.5 Å². The molecule has 1 aliphatic heterocycles. The smallest absolute Gasteiger partial charge is 0.163 e. The van der Waals surface area contributed by atoms with E-state index in [1.54, 1.807) is 12.5 Å². The van der Waals surface area contributed by atoms with Gasteiger partial charge in [-0.25, -0.2) is 4.98 Å². The second kappa shape index (κ2) is 3.27. The Balaban J connectivity index is 2.10. The van der Waals surface area contributed by atoms with E-state index in [4.69, 9.17) is 0 Å². The number of aromatic nitrogens is 4. The lowest BCUT2D eigenvalue weighted by atomic mass is 9.97. The van der Waals surface area contributed by atoms with Crippen LogP contribution in [0, 0.1) is 5.92 Å². The van der Waals surface area contributed by atoms with E-state index in [0.29, 0.717) is 11.8 Å². The third-order valence-electron chi connectivity index (χ3n) is 3.09. The minimum atomic E-state index is 0.448. The van der Waals surface area contributed by atoms with Gasteiger partial charge in [0.1, 0.15) is 12.2 Å². The van der Waals surface area contributed by atoms with E-state index in [9.17, 15) is 0 Å². The van der Waals surface area contributed by atoms with E-state index < -0.39 is 0 Å². The van der Waals surface area contributed by atoms with Gasteiger partial charge in [0.25, 0.3) is 0 Å². The summed E-state index contributed by atoms with van der Waals surface area (Å²) in [7, 11) is 0. The standard InChI is InChI=1S/C10H13N5/c1-7-4-12-5-8(7)10-14-13-9-2-3-11-6-15(9)10/h2-3,6-8,12H,4-5H2,1H3/t7-,8-/m1/s1. The van der Waals surface area contributed by atoms with Crippen molar-refractivity contribution in [2.45, 2.75) is 12.8 Å². The van der Waals surface area contributed by atoms with E-state index in [2.05, 4.69) is 27.4 Å². The zero-order chi connectivity index (χ0) is 10.3. The molecule has 0 saturated carbocycles. The lowest BCUT2D eigenvalue weighted by Gasteiger charge is -2.11. The lowest BCUT2D eigenvalue weighted by molar-refractivity contribution is 0.540. The number of nitrogens with one attached hydrogen (secondary N) is 1. The third-order valence-corrected chi connectivity index (χ3v) is 3.09. The average molecular weight is 203 g/mol. The van der Waals surface area contributed by atoms with Crippen molar-refractivity contribution < 1.29 is 0 Å². The number of rotatable bonds is 1. The van der Waals surface area contributed by atoms with Gasteiger partial charge in [0, 0.05) is 24.7 Å². The summed E-state index contributed by atoms with van der Waals surface area (Å²) < 4.78 is 1.98. The van der Waals surface area contributed by atoms with Gasteiger partial charge in [-0.2, -0.15) is 0 Å². The molecule has 1 N–H and O–H groups in total. The first-order valence-corrected chi connectivity index (χ1v) is 5.21. The number of fused-ring (bicyclic) bond motifs is 1. The van der Waals surface area contributed by atoms with Crippen molar-refractivity contribution in [3.05, 3.63) is 24.4 Å². The van der Waals surface area contributed by atoms with Crippen LogP contribution in [0.15, 0.2) is 18.6 Å². The third kappa shape index (κ3) is 1.31. The molecule has 0 aromatic carbocycles. The van der Waals surface area contributed by atoms with Crippen LogP contribution in [0.2, 0.25) is 0 Å². The average Bonchev–Trinajstić information content (AvgIpc) is 2.83. The molecule has 2 aromatic heterocycles. The summed E-state index contributed by atoms with van der Waals surface area (Å²) in [6.45, 7) is 4.28. The highest BCUT2D eigenvalue weighted by molar-refractivity contribution is 5.36. The fraction of sp³-hybridized carbons (Fsp3) is 0.500. The van der Waals surface area contributed by atoms with Crippen LogP contribution < -0.4 is 5.32 Å². The Morgan fingerprint density at radius 2 is 2.33 bits per heavy atom. The van der Waals surface area contributed by atoms with Crippen molar-refractivity contribution in [3.8, 4) is 0 Å². The fourth-order valence-corrected chi connectivity index (χ4v) is 2.17. The van der Waals surface area contributed by atoms with E-state index >= 15 is 0 Å². The highest BCUT2D eigenvalue weighted by atomic mass is 15.3. The van der Waals surface area contributed by atoms with Gasteiger partial charge in [0.15, 0.2) is 5.65 Å². The van der Waals surface area contributed by atoms with Gasteiger partial charge in [-0.3, -0.25) is 4.40 Å². The van der Waals surface area contributed by atoms with Crippen LogP contribution in [0.3, 0.4) is 0 Å². The van der Waals surface area contributed by atoms with Crippen molar-refractivity contribution in [2.24, 2.45) is 5.92 Å². The minimum Gasteiger partial charge on any atom is -0.316 e. The molecule has 0 spiro atoms. The molecule has 0 amide bonds. The van der Waals surface area contributed by atoms with Crippen LogP contribution in [0.5, 0.6) is 0 Å². The Morgan fingerprint density at radius 1 is 1.40 bits per heavy atom. The molecule has 0 radical (unpaired) electrons. The van der Waals surface area contributed by atoms with E-state index in [-0.39, 0.29) is 0 Å². The Bertz CT molecular complexity index is 477. The monoisotopic (exact) mass is 203 g/mol. The summed E-state index contributed by atoms with van der Waals surface area (Å²) in [6, 6.07) is 1.88. The van der Waals surface area contributed by atoms with Gasteiger partial charge < -0.3 is 5.32 Å². The zero-order valence-electron chi connectivity index (χ0n) is 8.59. The van der Waals surface area contributed by atoms with E-state index in [0.717, 1.165) is 24.6 Å². The molecule has 3 heterocycles. The second-order valence-corrected chi connectivity index (χ2v) is 4.11. The van der Waals surface area contributed by atoms with Crippen LogP contribution in [0.1, 0.15) is 18.7 Å². The maximum absolute atomic E-state index is 4.26. The number of hydrogen-bond acceptors (Lipinski definition) is 4. The Kier molecular flexibility index (Phi) is 1.92. The first-order chi connectivity index (χ1) is 7.36. The summed E-state index contributed by atoms with van der Waals surface area (Å²) in [6.07, 6.45) is 3.53. The number of nitrogens with zero attached hydrogens (tertiary/aromatic N) is 4. The molecule has 0 bridgehead atoms. The van der Waals surface area contributed by atoms with Gasteiger partial charge in [0.2, 0.25) is 0 Å². The summed E-state index contributed by atoms with van der Waals surface area (Å²) in [5, 5.41) is 11.8. The molecule has 3 rings (SSSR count). The topological polar surface area (TPSA) is 55.1 Å². The van der Waals surface area contributed by atoms with Crippen molar-refractivity contribution in [1.82, 2.24) is 24.9 Å². The van der Waals surface area contributed by atoms with Crippen molar-refractivity contribution in [1.29, 1.82) is 0 Å². The maximum Gasteiger partial charge on any atom is 0.163 e. The molecule has 15 heavy (non-hydrogen) atoms. The lowest BCUT2D eigenvalue weighted by Crippen LogP contribution is -2.11. The van der Waals surface area contributed by atoms with Gasteiger partial charge >= 0.3 is 0 Å². The highest BCUT2D eigenvalue weighted by Crippen LogP contribution is 2.26. The van der Waals surface area contributed by atoms with Crippen molar-refractivity contribution in [2.75, 3.05) is 13.1 Å². The largest absolute Gasteiger partial charge is 0.316 e. The van der Waals surface area contributed by atoms with Crippen LogP contribution in [0.25, 0.3) is 5.65 Å². The first kappa shape index (κ1) is 8.79.